The van der Waals surface area contributed by atoms with E-state index < -0.39 is 0 Å². The van der Waals surface area contributed by atoms with Gasteiger partial charge >= 0.3 is 0 Å². The average molecular weight is 267 g/mol. The van der Waals surface area contributed by atoms with E-state index in [4.69, 9.17) is 21.1 Å². The number of alkyl halides is 1. The third kappa shape index (κ3) is 1.87. The van der Waals surface area contributed by atoms with Gasteiger partial charge < -0.3 is 9.47 Å². The molecule has 0 amide bonds. The van der Waals surface area contributed by atoms with Gasteiger partial charge in [0, 0.05) is 23.3 Å². The number of methoxy groups -OCH3 is 1. The molecule has 1 spiro atoms. The molecule has 0 radical (unpaired) electrons. The van der Waals surface area contributed by atoms with Gasteiger partial charge in [0.1, 0.15) is 17.6 Å². The lowest BCUT2D eigenvalue weighted by Crippen LogP contribution is -2.55. The molecule has 3 rings (SSSR count). The first kappa shape index (κ1) is 12.2. The van der Waals surface area contributed by atoms with Gasteiger partial charge in [-0.3, -0.25) is 0 Å². The van der Waals surface area contributed by atoms with Crippen molar-refractivity contribution in [3.05, 3.63) is 24.3 Å². The maximum absolute atomic E-state index is 6.43. The van der Waals surface area contributed by atoms with Crippen LogP contribution in [0.4, 0.5) is 0 Å². The second-order valence-corrected chi connectivity index (χ2v) is 5.96. The van der Waals surface area contributed by atoms with E-state index >= 15 is 0 Å². The summed E-state index contributed by atoms with van der Waals surface area (Å²) in [5.74, 6) is 1.74. The number of hydrogen-bond acceptors (Lipinski definition) is 2. The fourth-order valence-corrected chi connectivity index (χ4v) is 3.89. The predicted molar refractivity (Wildman–Crippen MR) is 72.6 cm³/mol. The van der Waals surface area contributed by atoms with Crippen molar-refractivity contribution in [1.82, 2.24) is 0 Å². The summed E-state index contributed by atoms with van der Waals surface area (Å²) in [6, 6.07) is 7.84. The highest BCUT2D eigenvalue weighted by Gasteiger charge is 2.56. The minimum absolute atomic E-state index is 0.241. The van der Waals surface area contributed by atoms with Crippen molar-refractivity contribution < 1.29 is 9.47 Å². The molecule has 1 aromatic carbocycles. The van der Waals surface area contributed by atoms with Gasteiger partial charge in [0.15, 0.2) is 0 Å². The van der Waals surface area contributed by atoms with Gasteiger partial charge in [-0.2, -0.15) is 0 Å². The molecule has 0 heterocycles. The fraction of sp³-hybridized carbons (Fsp3) is 0.600. The zero-order valence-electron chi connectivity index (χ0n) is 10.7. The first-order valence-electron chi connectivity index (χ1n) is 6.69. The Morgan fingerprint density at radius 1 is 1.22 bits per heavy atom. The maximum atomic E-state index is 6.43. The summed E-state index contributed by atoms with van der Waals surface area (Å²) in [7, 11) is 1.68. The molecule has 0 aromatic heterocycles. The zero-order chi connectivity index (χ0) is 12.6. The summed E-state index contributed by atoms with van der Waals surface area (Å²) in [6.07, 6.45) is 6.28. The standard InChI is InChI=1S/C15H19ClO2/c1-17-11-5-4-6-12(9-11)18-14-10-13(16)15(14)7-2-3-8-15/h4-6,9,13-14H,2-3,7-8,10H2,1H3. The molecular weight excluding hydrogens is 248 g/mol. The lowest BCUT2D eigenvalue weighted by molar-refractivity contribution is -0.0356. The Morgan fingerprint density at radius 3 is 2.61 bits per heavy atom. The van der Waals surface area contributed by atoms with E-state index in [1.165, 1.54) is 25.7 Å². The van der Waals surface area contributed by atoms with Crippen LogP contribution < -0.4 is 9.47 Å². The predicted octanol–water partition coefficient (Wildman–Crippen LogP) is 4.01. The van der Waals surface area contributed by atoms with Crippen molar-refractivity contribution in [2.45, 2.75) is 43.6 Å². The van der Waals surface area contributed by atoms with Crippen LogP contribution in [0.5, 0.6) is 11.5 Å². The molecule has 2 atom stereocenters. The van der Waals surface area contributed by atoms with Crippen LogP contribution in [-0.2, 0) is 0 Å². The Bertz CT molecular complexity index is 426. The third-order valence-corrected chi connectivity index (χ3v) is 5.15. The summed E-state index contributed by atoms with van der Waals surface area (Å²) in [4.78, 5) is 0. The van der Waals surface area contributed by atoms with Crippen molar-refractivity contribution in [3.8, 4) is 11.5 Å². The fourth-order valence-electron chi connectivity index (χ4n) is 3.37. The molecule has 2 aliphatic rings. The summed E-state index contributed by atoms with van der Waals surface area (Å²) >= 11 is 6.43. The molecule has 2 aliphatic carbocycles. The Kier molecular flexibility index (Phi) is 3.14. The van der Waals surface area contributed by atoms with Gasteiger partial charge in [-0.25, -0.2) is 0 Å². The Hall–Kier alpha value is -0.890. The lowest BCUT2D eigenvalue weighted by Gasteiger charge is -2.50. The normalized spacial score (nSPS) is 29.0. The second kappa shape index (κ2) is 4.65. The van der Waals surface area contributed by atoms with Gasteiger partial charge in [-0.15, -0.1) is 11.6 Å². The minimum atomic E-state index is 0.241. The van der Waals surface area contributed by atoms with Gasteiger partial charge in [-0.1, -0.05) is 18.9 Å². The number of rotatable bonds is 3. The smallest absolute Gasteiger partial charge is 0.123 e. The van der Waals surface area contributed by atoms with E-state index in [0.717, 1.165) is 17.9 Å². The lowest BCUT2D eigenvalue weighted by atomic mass is 9.64. The van der Waals surface area contributed by atoms with Crippen LogP contribution in [-0.4, -0.2) is 18.6 Å². The highest BCUT2D eigenvalue weighted by Crippen LogP contribution is 2.57. The van der Waals surface area contributed by atoms with Crippen LogP contribution in [0.25, 0.3) is 0 Å². The van der Waals surface area contributed by atoms with E-state index in [0.29, 0.717) is 5.38 Å². The molecule has 2 fully saturated rings. The molecule has 98 valence electrons. The van der Waals surface area contributed by atoms with Crippen molar-refractivity contribution in [3.63, 3.8) is 0 Å². The third-order valence-electron chi connectivity index (χ3n) is 4.54. The van der Waals surface area contributed by atoms with E-state index in [1.807, 2.05) is 24.3 Å². The van der Waals surface area contributed by atoms with Gasteiger partial charge in [0.2, 0.25) is 0 Å². The van der Waals surface area contributed by atoms with Crippen LogP contribution in [0, 0.1) is 5.41 Å². The van der Waals surface area contributed by atoms with Gasteiger partial charge in [0.25, 0.3) is 0 Å². The monoisotopic (exact) mass is 266 g/mol. The van der Waals surface area contributed by atoms with Gasteiger partial charge in [0.05, 0.1) is 7.11 Å². The molecular formula is C15H19ClO2. The highest BCUT2D eigenvalue weighted by atomic mass is 35.5. The molecule has 2 unspecified atom stereocenters. The quantitative estimate of drug-likeness (QED) is 0.770. The Labute approximate surface area is 113 Å². The average Bonchev–Trinajstić information content (AvgIpc) is 2.91. The summed E-state index contributed by atoms with van der Waals surface area (Å²) in [5, 5.41) is 0.301. The zero-order valence-corrected chi connectivity index (χ0v) is 11.5. The molecule has 3 heteroatoms. The van der Waals surface area contributed by atoms with E-state index in [1.54, 1.807) is 7.11 Å². The topological polar surface area (TPSA) is 18.5 Å². The van der Waals surface area contributed by atoms with Crippen LogP contribution in [0.15, 0.2) is 24.3 Å². The SMILES string of the molecule is COc1cccc(OC2CC(Cl)C23CCCC3)c1. The number of hydrogen-bond donors (Lipinski definition) is 0. The van der Waals surface area contributed by atoms with Crippen molar-refractivity contribution in [2.75, 3.05) is 7.11 Å². The van der Waals surface area contributed by atoms with Crippen molar-refractivity contribution in [1.29, 1.82) is 0 Å². The molecule has 18 heavy (non-hydrogen) atoms. The van der Waals surface area contributed by atoms with Crippen LogP contribution >= 0.6 is 11.6 Å². The number of ether oxygens (including phenoxy) is 2. The summed E-state index contributed by atoms with van der Waals surface area (Å²) in [6.45, 7) is 0. The largest absolute Gasteiger partial charge is 0.497 e. The molecule has 2 saturated carbocycles. The van der Waals surface area contributed by atoms with E-state index in [9.17, 15) is 0 Å². The maximum Gasteiger partial charge on any atom is 0.123 e. The molecule has 0 bridgehead atoms. The Morgan fingerprint density at radius 2 is 1.94 bits per heavy atom. The van der Waals surface area contributed by atoms with Crippen LogP contribution in [0.1, 0.15) is 32.1 Å². The summed E-state index contributed by atoms with van der Waals surface area (Å²) < 4.78 is 11.4. The van der Waals surface area contributed by atoms with Crippen molar-refractivity contribution >= 4 is 11.6 Å². The first-order chi connectivity index (χ1) is 8.74. The molecule has 0 saturated heterocycles. The highest BCUT2D eigenvalue weighted by molar-refractivity contribution is 6.21. The minimum Gasteiger partial charge on any atom is -0.497 e. The van der Waals surface area contributed by atoms with Crippen LogP contribution in [0.3, 0.4) is 0 Å². The molecule has 0 aliphatic heterocycles. The molecule has 2 nitrogen and oxygen atoms in total. The van der Waals surface area contributed by atoms with E-state index in [-0.39, 0.29) is 11.5 Å². The summed E-state index contributed by atoms with van der Waals surface area (Å²) in [5.41, 5.74) is 0.241. The van der Waals surface area contributed by atoms with E-state index in [2.05, 4.69) is 0 Å². The Balaban J connectivity index is 1.73. The van der Waals surface area contributed by atoms with Crippen molar-refractivity contribution in [2.24, 2.45) is 5.41 Å². The number of halogens is 1. The second-order valence-electron chi connectivity index (χ2n) is 5.43. The molecule has 0 N–H and O–H groups in total. The molecule has 1 aromatic rings. The van der Waals surface area contributed by atoms with Crippen LogP contribution in [0.2, 0.25) is 0 Å². The number of benzene rings is 1. The first-order valence-corrected chi connectivity index (χ1v) is 7.13. The van der Waals surface area contributed by atoms with Gasteiger partial charge in [-0.05, 0) is 25.0 Å².